The summed E-state index contributed by atoms with van der Waals surface area (Å²) in [6.45, 7) is 7.04. The van der Waals surface area contributed by atoms with E-state index in [4.69, 9.17) is 0 Å². The molecule has 4 heterocycles. The summed E-state index contributed by atoms with van der Waals surface area (Å²) >= 11 is 0. The first-order valence-corrected chi connectivity index (χ1v) is 12.4. The van der Waals surface area contributed by atoms with Gasteiger partial charge in [-0.05, 0) is 81.5 Å². The molecule has 5 nitrogen and oxygen atoms in total. The van der Waals surface area contributed by atoms with Crippen LogP contribution in [0.5, 0.6) is 0 Å². The maximum Gasteiger partial charge on any atom is 0.259 e. The molecule has 32 heavy (non-hydrogen) atoms. The van der Waals surface area contributed by atoms with E-state index in [1.807, 2.05) is 24.8 Å². The Balaban J connectivity index is 1.37. The molecule has 3 aliphatic heterocycles. The molecule has 5 heteroatoms. The molecule has 4 aliphatic rings. The predicted molar refractivity (Wildman–Crippen MR) is 127 cm³/mol. The van der Waals surface area contributed by atoms with Gasteiger partial charge in [-0.1, -0.05) is 24.1 Å². The van der Waals surface area contributed by atoms with Gasteiger partial charge in [0, 0.05) is 30.7 Å². The van der Waals surface area contributed by atoms with Crippen molar-refractivity contribution in [1.29, 1.82) is 0 Å². The Hall–Kier alpha value is -2.40. The molecule has 1 amide bonds. The number of aromatic amines is 1. The highest BCUT2D eigenvalue weighted by Gasteiger charge is 2.47. The minimum absolute atomic E-state index is 0.0953. The van der Waals surface area contributed by atoms with E-state index in [0.29, 0.717) is 23.3 Å². The van der Waals surface area contributed by atoms with Gasteiger partial charge in [0.15, 0.2) is 0 Å². The Morgan fingerprint density at radius 1 is 1.12 bits per heavy atom. The van der Waals surface area contributed by atoms with E-state index < -0.39 is 0 Å². The number of carbonyl (C=O) groups excluding carboxylic acids is 1. The molecular weight excluding hydrogens is 398 g/mol. The number of amides is 1. The zero-order valence-electron chi connectivity index (χ0n) is 19.2. The first-order valence-electron chi connectivity index (χ1n) is 12.4. The van der Waals surface area contributed by atoms with Crippen LogP contribution in [0.4, 0.5) is 0 Å². The number of nitrogens with zero attached hydrogens (tertiary/aromatic N) is 2. The highest BCUT2D eigenvalue weighted by molar-refractivity contribution is 5.98. The number of nitrogens with one attached hydrogen (secondary N) is 1. The second-order valence-electron chi connectivity index (χ2n) is 10.5. The summed E-state index contributed by atoms with van der Waals surface area (Å²) in [7, 11) is 0. The summed E-state index contributed by atoms with van der Waals surface area (Å²) in [5, 5.41) is 0.624. The van der Waals surface area contributed by atoms with Crippen LogP contribution in [0.3, 0.4) is 0 Å². The van der Waals surface area contributed by atoms with E-state index in [1.54, 1.807) is 6.20 Å². The quantitative estimate of drug-likeness (QED) is 0.689. The van der Waals surface area contributed by atoms with Gasteiger partial charge >= 0.3 is 0 Å². The zero-order valence-corrected chi connectivity index (χ0v) is 19.2. The minimum atomic E-state index is -0.139. The van der Waals surface area contributed by atoms with Crippen molar-refractivity contribution in [2.75, 3.05) is 19.6 Å². The number of piperidine rings is 3. The van der Waals surface area contributed by atoms with E-state index in [1.165, 1.54) is 37.8 Å². The van der Waals surface area contributed by atoms with Crippen molar-refractivity contribution in [3.8, 4) is 0 Å². The normalized spacial score (nSPS) is 29.9. The van der Waals surface area contributed by atoms with Crippen molar-refractivity contribution in [1.82, 2.24) is 14.8 Å². The lowest BCUT2D eigenvalue weighted by molar-refractivity contribution is 0.00143. The molecule has 1 aromatic heterocycles. The lowest BCUT2D eigenvalue weighted by Gasteiger charge is -2.54. The fourth-order valence-corrected chi connectivity index (χ4v) is 7.21. The number of fused-ring (bicyclic) bond motifs is 7. The average molecular weight is 432 g/mol. The van der Waals surface area contributed by atoms with Crippen LogP contribution in [0, 0.1) is 25.7 Å². The van der Waals surface area contributed by atoms with Crippen LogP contribution in [-0.2, 0) is 0 Å². The molecule has 1 aromatic carbocycles. The van der Waals surface area contributed by atoms with Crippen molar-refractivity contribution < 1.29 is 4.79 Å². The van der Waals surface area contributed by atoms with E-state index in [-0.39, 0.29) is 22.9 Å². The average Bonchev–Trinajstić information content (AvgIpc) is 2.79. The first kappa shape index (κ1) is 20.2. The van der Waals surface area contributed by atoms with E-state index in [2.05, 4.69) is 22.0 Å². The number of H-pyrrole nitrogens is 1. The van der Waals surface area contributed by atoms with Crippen LogP contribution in [0.25, 0.3) is 10.9 Å². The highest BCUT2D eigenvalue weighted by atomic mass is 16.2. The van der Waals surface area contributed by atoms with Crippen LogP contribution in [-0.4, -0.2) is 52.4 Å². The van der Waals surface area contributed by atoms with E-state index >= 15 is 0 Å². The van der Waals surface area contributed by atoms with Crippen LogP contribution >= 0.6 is 0 Å². The van der Waals surface area contributed by atoms with Crippen molar-refractivity contribution in [3.63, 3.8) is 0 Å². The number of aromatic nitrogens is 1. The van der Waals surface area contributed by atoms with Crippen molar-refractivity contribution in [2.24, 2.45) is 11.8 Å². The van der Waals surface area contributed by atoms with Crippen molar-refractivity contribution in [3.05, 3.63) is 56.9 Å². The molecule has 6 rings (SSSR count). The zero-order chi connectivity index (χ0) is 22.0. The third-order valence-corrected chi connectivity index (χ3v) is 8.48. The van der Waals surface area contributed by atoms with Gasteiger partial charge in [-0.25, -0.2) is 0 Å². The lowest BCUT2D eigenvalue weighted by atomic mass is 9.68. The molecule has 2 unspecified atom stereocenters. The Morgan fingerprint density at radius 3 is 2.88 bits per heavy atom. The number of carbonyl (C=O) groups is 1. The van der Waals surface area contributed by atoms with Crippen LogP contribution in [0.15, 0.2) is 34.8 Å². The summed E-state index contributed by atoms with van der Waals surface area (Å²) in [6.07, 6.45) is 11.4. The number of hydrogen-bond donors (Lipinski definition) is 1. The molecule has 1 aliphatic carbocycles. The largest absolute Gasteiger partial charge is 0.360 e. The molecule has 0 spiro atoms. The fraction of sp³-hybridized carbons (Fsp3) is 0.556. The maximum absolute atomic E-state index is 13.8. The summed E-state index contributed by atoms with van der Waals surface area (Å²) in [5.41, 5.74) is 4.53. The molecule has 0 saturated carbocycles. The minimum Gasteiger partial charge on any atom is -0.360 e. The third-order valence-electron chi connectivity index (χ3n) is 8.48. The molecule has 2 aromatic rings. The van der Waals surface area contributed by atoms with Crippen molar-refractivity contribution >= 4 is 16.8 Å². The predicted octanol–water partition coefficient (Wildman–Crippen LogP) is 4.18. The molecule has 3 saturated heterocycles. The Kier molecular flexibility index (Phi) is 4.79. The third kappa shape index (κ3) is 3.08. The lowest BCUT2D eigenvalue weighted by Crippen LogP contribution is -2.60. The molecule has 0 radical (unpaired) electrons. The highest BCUT2D eigenvalue weighted by Crippen LogP contribution is 2.45. The molecule has 3 fully saturated rings. The SMILES string of the molecule is Cc1cc(C)c2[nH]cc(C(=O)N3CCCC4=CC5CC(CN6CCCC[C@H]56)[C@@H]43)c(=O)c2c1. The number of benzene rings is 1. The van der Waals surface area contributed by atoms with E-state index in [0.717, 1.165) is 42.6 Å². The van der Waals surface area contributed by atoms with Gasteiger partial charge in [-0.15, -0.1) is 0 Å². The topological polar surface area (TPSA) is 56.4 Å². The summed E-state index contributed by atoms with van der Waals surface area (Å²) in [6, 6.07) is 4.83. The fourth-order valence-electron chi connectivity index (χ4n) is 7.21. The first-order chi connectivity index (χ1) is 15.5. The number of pyridine rings is 1. The molecule has 1 N–H and O–H groups in total. The smallest absolute Gasteiger partial charge is 0.259 e. The Labute approximate surface area is 189 Å². The van der Waals surface area contributed by atoms with Gasteiger partial charge < -0.3 is 9.88 Å². The van der Waals surface area contributed by atoms with Gasteiger partial charge in [0.2, 0.25) is 5.43 Å². The molecule has 4 atom stereocenters. The number of aryl methyl sites for hydroxylation is 2. The second-order valence-corrected chi connectivity index (χ2v) is 10.5. The van der Waals surface area contributed by atoms with Crippen LogP contribution in [0.2, 0.25) is 0 Å². The molecule has 2 bridgehead atoms. The number of hydrogen-bond acceptors (Lipinski definition) is 3. The molecular formula is C27H33N3O2. The second kappa shape index (κ2) is 7.58. The molecule has 168 valence electrons. The number of likely N-dealkylation sites (tertiary alicyclic amines) is 1. The van der Waals surface area contributed by atoms with Crippen molar-refractivity contribution in [2.45, 2.75) is 64.5 Å². The van der Waals surface area contributed by atoms with Gasteiger partial charge in [0.05, 0.1) is 11.6 Å². The Bertz CT molecular complexity index is 1180. The van der Waals surface area contributed by atoms with Crippen LogP contribution < -0.4 is 5.43 Å². The Morgan fingerprint density at radius 2 is 2.00 bits per heavy atom. The van der Waals surface area contributed by atoms with Gasteiger partial charge in [-0.3, -0.25) is 14.5 Å². The van der Waals surface area contributed by atoms with Gasteiger partial charge in [0.1, 0.15) is 5.56 Å². The summed E-state index contributed by atoms with van der Waals surface area (Å²) in [4.78, 5) is 35.2. The van der Waals surface area contributed by atoms with Gasteiger partial charge in [0.25, 0.3) is 5.91 Å². The number of rotatable bonds is 1. The van der Waals surface area contributed by atoms with Crippen LogP contribution in [0.1, 0.15) is 60.0 Å². The summed E-state index contributed by atoms with van der Waals surface area (Å²) < 4.78 is 0. The summed E-state index contributed by atoms with van der Waals surface area (Å²) in [5.74, 6) is 1.04. The monoisotopic (exact) mass is 431 g/mol. The standard InChI is InChI=1S/C27H33N3O2/c1-16-10-17(2)24-21(11-16)26(31)22(14-28-24)27(32)30-9-5-6-18-12-19-13-20(25(18)30)15-29-8-4-3-7-23(19)29/h10-12,14,19-20,23,25H,3-9,13,15H2,1-2H3,(H,28,31)/t19?,20?,23-,25-/m1/s1. The maximum atomic E-state index is 13.8. The van der Waals surface area contributed by atoms with Gasteiger partial charge in [-0.2, -0.15) is 0 Å². The van der Waals surface area contributed by atoms with E-state index in [9.17, 15) is 9.59 Å².